The Morgan fingerprint density at radius 2 is 1.81 bits per heavy atom. The molecule has 2 amide bonds. The molecule has 0 bridgehead atoms. The number of pyridine rings is 1. The molecule has 7 heteroatoms. The highest BCUT2D eigenvalue weighted by Gasteiger charge is 2.21. The summed E-state index contributed by atoms with van der Waals surface area (Å²) in [7, 11) is 0. The number of anilines is 2. The molecule has 7 nitrogen and oxygen atoms in total. The zero-order valence-electron chi connectivity index (χ0n) is 17.7. The van der Waals surface area contributed by atoms with Crippen LogP contribution in [0.1, 0.15) is 11.1 Å². The maximum absolute atomic E-state index is 12.6. The van der Waals surface area contributed by atoms with Gasteiger partial charge in [-0.1, -0.05) is 12.1 Å². The standard InChI is InChI=1S/C24H26N4O3/c1-17-6-8-22(14-18(17)2)31-23-9-7-19(16-25-23)26-24(30)28-12-10-27(11-13-28)20-4-3-5-21(29)15-20/h3-9,14-16,29H,10-13H2,1-2H3,(H,26,30). The fraction of sp³-hybridized carbons (Fsp3) is 0.250. The summed E-state index contributed by atoms with van der Waals surface area (Å²) in [6.07, 6.45) is 1.59. The van der Waals surface area contributed by atoms with Gasteiger partial charge < -0.3 is 25.0 Å². The predicted octanol–water partition coefficient (Wildman–Crippen LogP) is 4.55. The quantitative estimate of drug-likeness (QED) is 0.650. The molecule has 1 saturated heterocycles. The van der Waals surface area contributed by atoms with Gasteiger partial charge in [0.2, 0.25) is 5.88 Å². The summed E-state index contributed by atoms with van der Waals surface area (Å²) in [5.74, 6) is 1.45. The first kappa shape index (κ1) is 20.5. The highest BCUT2D eigenvalue weighted by atomic mass is 16.5. The number of aromatic nitrogens is 1. The molecule has 160 valence electrons. The van der Waals surface area contributed by atoms with Crippen molar-refractivity contribution < 1.29 is 14.6 Å². The van der Waals surface area contributed by atoms with Crippen LogP contribution in [0.5, 0.6) is 17.4 Å². The van der Waals surface area contributed by atoms with Gasteiger partial charge in [0.15, 0.2) is 0 Å². The average Bonchev–Trinajstić information content (AvgIpc) is 2.78. The molecule has 0 unspecified atom stereocenters. The molecule has 0 aliphatic carbocycles. The zero-order chi connectivity index (χ0) is 21.8. The Labute approximate surface area is 181 Å². The number of urea groups is 1. The van der Waals surface area contributed by atoms with Gasteiger partial charge in [0, 0.05) is 44.0 Å². The Bertz CT molecular complexity index is 1060. The molecule has 4 rings (SSSR count). The van der Waals surface area contributed by atoms with E-state index in [0.29, 0.717) is 37.7 Å². The second-order valence-corrected chi connectivity index (χ2v) is 7.66. The Morgan fingerprint density at radius 3 is 2.48 bits per heavy atom. The number of ether oxygens (including phenoxy) is 1. The SMILES string of the molecule is Cc1ccc(Oc2ccc(NC(=O)N3CCN(c4cccc(O)c4)CC3)cn2)cc1C. The number of benzene rings is 2. The maximum atomic E-state index is 12.6. The molecule has 1 aliphatic heterocycles. The van der Waals surface area contributed by atoms with Gasteiger partial charge >= 0.3 is 6.03 Å². The first-order valence-electron chi connectivity index (χ1n) is 10.3. The fourth-order valence-electron chi connectivity index (χ4n) is 3.47. The Kier molecular flexibility index (Phi) is 5.93. The molecule has 0 atom stereocenters. The Morgan fingerprint density at radius 1 is 1.00 bits per heavy atom. The van der Waals surface area contributed by atoms with Gasteiger partial charge in [0.25, 0.3) is 0 Å². The lowest BCUT2D eigenvalue weighted by Gasteiger charge is -2.36. The molecule has 2 aromatic carbocycles. The minimum atomic E-state index is -0.153. The van der Waals surface area contributed by atoms with E-state index in [1.165, 1.54) is 5.56 Å². The van der Waals surface area contributed by atoms with Gasteiger partial charge in [-0.25, -0.2) is 9.78 Å². The first-order chi connectivity index (χ1) is 15.0. The zero-order valence-corrected chi connectivity index (χ0v) is 17.7. The molecule has 2 N–H and O–H groups in total. The fourth-order valence-corrected chi connectivity index (χ4v) is 3.47. The van der Waals surface area contributed by atoms with Gasteiger partial charge in [0.1, 0.15) is 11.5 Å². The number of aromatic hydroxyl groups is 1. The number of carbonyl (C=O) groups is 1. The summed E-state index contributed by atoms with van der Waals surface area (Å²) in [4.78, 5) is 20.8. The van der Waals surface area contributed by atoms with Crippen molar-refractivity contribution in [3.63, 3.8) is 0 Å². The van der Waals surface area contributed by atoms with E-state index >= 15 is 0 Å². The average molecular weight is 418 g/mol. The smallest absolute Gasteiger partial charge is 0.322 e. The van der Waals surface area contributed by atoms with Crippen molar-refractivity contribution in [1.29, 1.82) is 0 Å². The number of phenolic OH excluding ortho intramolecular Hbond substituents is 1. The number of nitrogens with one attached hydrogen (secondary N) is 1. The van der Waals surface area contributed by atoms with Gasteiger partial charge in [0.05, 0.1) is 11.9 Å². The molecule has 1 fully saturated rings. The van der Waals surface area contributed by atoms with Gasteiger partial charge in [-0.05, 0) is 55.3 Å². The Balaban J connectivity index is 1.30. The topological polar surface area (TPSA) is 77.9 Å². The largest absolute Gasteiger partial charge is 0.508 e. The van der Waals surface area contributed by atoms with Crippen LogP contribution in [0.2, 0.25) is 0 Å². The van der Waals surface area contributed by atoms with Crippen LogP contribution in [-0.4, -0.2) is 47.2 Å². The van der Waals surface area contributed by atoms with Crippen molar-refractivity contribution in [3.8, 4) is 17.4 Å². The molecule has 31 heavy (non-hydrogen) atoms. The molecule has 2 heterocycles. The molecule has 0 radical (unpaired) electrons. The van der Waals surface area contributed by atoms with E-state index in [1.54, 1.807) is 35.4 Å². The number of aryl methyl sites for hydroxylation is 2. The second kappa shape index (κ2) is 8.95. The number of hydrogen-bond acceptors (Lipinski definition) is 5. The molecule has 0 spiro atoms. The van der Waals surface area contributed by atoms with E-state index in [9.17, 15) is 9.90 Å². The summed E-state index contributed by atoms with van der Waals surface area (Å²) in [6, 6.07) is 16.4. The van der Waals surface area contributed by atoms with Gasteiger partial charge in [-0.15, -0.1) is 0 Å². The first-order valence-corrected chi connectivity index (χ1v) is 10.3. The van der Waals surface area contributed by atoms with Gasteiger partial charge in [-0.2, -0.15) is 0 Å². The van der Waals surface area contributed by atoms with Crippen LogP contribution >= 0.6 is 0 Å². The van der Waals surface area contributed by atoms with Crippen molar-refractivity contribution >= 4 is 17.4 Å². The van der Waals surface area contributed by atoms with Crippen molar-refractivity contribution in [2.75, 3.05) is 36.4 Å². The van der Waals surface area contributed by atoms with Crippen molar-refractivity contribution in [2.24, 2.45) is 0 Å². The van der Waals surface area contributed by atoms with Crippen LogP contribution < -0.4 is 15.0 Å². The molecule has 1 aromatic heterocycles. The number of piperazine rings is 1. The molecular formula is C24H26N4O3. The van der Waals surface area contributed by atoms with E-state index in [2.05, 4.69) is 22.1 Å². The van der Waals surface area contributed by atoms with Gasteiger partial charge in [-0.3, -0.25) is 0 Å². The highest BCUT2D eigenvalue weighted by Crippen LogP contribution is 2.24. The van der Waals surface area contributed by atoms with Crippen LogP contribution in [0, 0.1) is 13.8 Å². The summed E-state index contributed by atoms with van der Waals surface area (Å²) in [5, 5.41) is 12.6. The van der Waals surface area contributed by atoms with Crippen LogP contribution in [0.3, 0.4) is 0 Å². The van der Waals surface area contributed by atoms with Crippen LogP contribution in [-0.2, 0) is 0 Å². The molecule has 0 saturated carbocycles. The number of hydrogen-bond donors (Lipinski definition) is 2. The van der Waals surface area contributed by atoms with E-state index in [4.69, 9.17) is 4.74 Å². The minimum Gasteiger partial charge on any atom is -0.508 e. The van der Waals surface area contributed by atoms with Crippen molar-refractivity contribution in [1.82, 2.24) is 9.88 Å². The van der Waals surface area contributed by atoms with Crippen LogP contribution in [0.4, 0.5) is 16.2 Å². The van der Waals surface area contributed by atoms with Crippen LogP contribution in [0.25, 0.3) is 0 Å². The maximum Gasteiger partial charge on any atom is 0.322 e. The van der Waals surface area contributed by atoms with E-state index in [0.717, 1.165) is 17.0 Å². The minimum absolute atomic E-state index is 0.153. The molecule has 3 aromatic rings. The monoisotopic (exact) mass is 418 g/mol. The van der Waals surface area contributed by atoms with Crippen molar-refractivity contribution in [3.05, 3.63) is 71.9 Å². The summed E-state index contributed by atoms with van der Waals surface area (Å²) in [5.41, 5.74) is 3.95. The number of nitrogens with zero attached hydrogens (tertiary/aromatic N) is 3. The lowest BCUT2D eigenvalue weighted by molar-refractivity contribution is 0.208. The van der Waals surface area contributed by atoms with E-state index < -0.39 is 0 Å². The summed E-state index contributed by atoms with van der Waals surface area (Å²) < 4.78 is 5.80. The van der Waals surface area contributed by atoms with E-state index in [1.807, 2.05) is 37.3 Å². The number of amides is 2. The summed E-state index contributed by atoms with van der Waals surface area (Å²) in [6.45, 7) is 6.71. The van der Waals surface area contributed by atoms with Crippen molar-refractivity contribution in [2.45, 2.75) is 13.8 Å². The Hall–Kier alpha value is -3.74. The third kappa shape index (κ3) is 5.06. The van der Waals surface area contributed by atoms with Crippen LogP contribution in [0.15, 0.2) is 60.8 Å². The molecule has 1 aliphatic rings. The highest BCUT2D eigenvalue weighted by molar-refractivity contribution is 5.89. The number of rotatable bonds is 4. The number of carbonyl (C=O) groups excluding carboxylic acids is 1. The third-order valence-electron chi connectivity index (χ3n) is 5.45. The lowest BCUT2D eigenvalue weighted by atomic mass is 10.1. The normalized spacial score (nSPS) is 13.7. The summed E-state index contributed by atoms with van der Waals surface area (Å²) >= 11 is 0. The van der Waals surface area contributed by atoms with E-state index in [-0.39, 0.29) is 11.8 Å². The predicted molar refractivity (Wildman–Crippen MR) is 121 cm³/mol. The second-order valence-electron chi connectivity index (χ2n) is 7.66. The third-order valence-corrected chi connectivity index (χ3v) is 5.45. The molecular weight excluding hydrogens is 392 g/mol. The number of phenols is 1. The lowest BCUT2D eigenvalue weighted by Crippen LogP contribution is -2.50.